The van der Waals surface area contributed by atoms with Crippen LogP contribution in [0.2, 0.25) is 0 Å². The predicted molar refractivity (Wildman–Crippen MR) is 199 cm³/mol. The van der Waals surface area contributed by atoms with E-state index in [1.165, 1.54) is 51.5 Å². The van der Waals surface area contributed by atoms with Crippen LogP contribution in [0.15, 0.2) is 152 Å². The largest absolute Gasteiger partial charge is 0.192 e. The van der Waals surface area contributed by atoms with Crippen LogP contribution in [0, 0.1) is 11.3 Å². The summed E-state index contributed by atoms with van der Waals surface area (Å²) in [5.41, 5.74) is 9.52. The van der Waals surface area contributed by atoms with Gasteiger partial charge in [0, 0.05) is 45.9 Å². The van der Waals surface area contributed by atoms with Crippen molar-refractivity contribution < 1.29 is 0 Å². The van der Waals surface area contributed by atoms with E-state index in [1.54, 1.807) is 0 Å². The van der Waals surface area contributed by atoms with Gasteiger partial charge in [-0.2, -0.15) is 5.26 Å². The van der Waals surface area contributed by atoms with Crippen LogP contribution in [0.4, 0.5) is 0 Å². The first-order valence-corrected chi connectivity index (χ1v) is 17.0. The van der Waals surface area contributed by atoms with Gasteiger partial charge in [0.2, 0.25) is 0 Å². The summed E-state index contributed by atoms with van der Waals surface area (Å²) in [4.78, 5) is 0. The molecule has 1 nitrogen and oxygen atoms in total. The van der Waals surface area contributed by atoms with Crippen LogP contribution >= 0.6 is 22.7 Å². The standard InChI is InChI=1S/C43H25NS2/c44-26-28-13-8-16-32(27-11-2-1-3-12-27)41(28)31-24-29(33-17-9-21-39-42(33)35-14-4-6-19-37(35)45-39)23-30(25-31)34-18-10-22-40-43(34)36-15-5-7-20-38(36)46-40/h1-25H. The Morgan fingerprint density at radius 1 is 0.391 bits per heavy atom. The third kappa shape index (κ3) is 4.27. The number of fused-ring (bicyclic) bond motifs is 6. The maximum atomic E-state index is 10.4. The summed E-state index contributed by atoms with van der Waals surface area (Å²) >= 11 is 3.68. The van der Waals surface area contributed by atoms with Crippen LogP contribution in [0.5, 0.6) is 0 Å². The predicted octanol–water partition coefficient (Wildman–Crippen LogP) is 13.0. The Hall–Kier alpha value is -5.53. The second kappa shape index (κ2) is 10.8. The summed E-state index contributed by atoms with van der Waals surface area (Å²) in [5, 5.41) is 15.6. The summed E-state index contributed by atoms with van der Waals surface area (Å²) in [6.45, 7) is 0. The number of thiophene rings is 2. The fourth-order valence-corrected chi connectivity index (χ4v) is 9.19. The van der Waals surface area contributed by atoms with Crippen molar-refractivity contribution >= 4 is 63.0 Å². The molecule has 0 atom stereocenters. The number of benzene rings is 7. The van der Waals surface area contributed by atoms with Crippen molar-refractivity contribution in [1.29, 1.82) is 5.26 Å². The topological polar surface area (TPSA) is 23.8 Å². The minimum atomic E-state index is 0.669. The number of nitrogens with zero attached hydrogens (tertiary/aromatic N) is 1. The molecule has 0 aliphatic heterocycles. The molecular formula is C43H25NS2. The number of nitriles is 1. The van der Waals surface area contributed by atoms with Crippen LogP contribution in [-0.2, 0) is 0 Å². The highest BCUT2D eigenvalue weighted by molar-refractivity contribution is 7.26. The van der Waals surface area contributed by atoms with Gasteiger partial charge in [0.15, 0.2) is 0 Å². The Labute approximate surface area is 274 Å². The third-order valence-electron chi connectivity index (χ3n) is 8.92. The first-order chi connectivity index (χ1) is 22.8. The molecule has 0 saturated carbocycles. The Morgan fingerprint density at radius 2 is 0.870 bits per heavy atom. The molecule has 7 aromatic carbocycles. The van der Waals surface area contributed by atoms with Gasteiger partial charge in [-0.1, -0.05) is 103 Å². The smallest absolute Gasteiger partial charge is 0.0998 e. The van der Waals surface area contributed by atoms with Gasteiger partial charge in [-0.3, -0.25) is 0 Å². The lowest BCUT2D eigenvalue weighted by molar-refractivity contribution is 1.47. The van der Waals surface area contributed by atoms with Gasteiger partial charge in [0.25, 0.3) is 0 Å². The monoisotopic (exact) mass is 619 g/mol. The molecule has 2 aromatic heterocycles. The van der Waals surface area contributed by atoms with Crippen molar-refractivity contribution in [2.24, 2.45) is 0 Å². The first kappa shape index (κ1) is 26.8. The van der Waals surface area contributed by atoms with Gasteiger partial charge < -0.3 is 0 Å². The van der Waals surface area contributed by atoms with Gasteiger partial charge in [-0.25, -0.2) is 0 Å². The fraction of sp³-hybridized carbons (Fsp3) is 0. The highest BCUT2D eigenvalue weighted by Crippen LogP contribution is 2.46. The lowest BCUT2D eigenvalue weighted by atomic mass is 9.86. The van der Waals surface area contributed by atoms with E-state index in [0.717, 1.165) is 33.4 Å². The number of hydrogen-bond donors (Lipinski definition) is 0. The Bertz CT molecular complexity index is 2520. The second-order valence-corrected chi connectivity index (χ2v) is 13.7. The molecule has 0 spiro atoms. The van der Waals surface area contributed by atoms with Crippen molar-refractivity contribution in [3.05, 3.63) is 157 Å². The average molecular weight is 620 g/mol. The van der Waals surface area contributed by atoms with E-state index >= 15 is 0 Å². The molecule has 0 bridgehead atoms. The molecule has 0 amide bonds. The molecule has 0 aliphatic rings. The molecule has 0 unspecified atom stereocenters. The molecule has 214 valence electrons. The maximum absolute atomic E-state index is 10.4. The quantitative estimate of drug-likeness (QED) is 0.192. The zero-order valence-electron chi connectivity index (χ0n) is 24.7. The molecule has 0 aliphatic carbocycles. The van der Waals surface area contributed by atoms with Gasteiger partial charge in [0.05, 0.1) is 11.6 Å². The Kier molecular flexibility index (Phi) is 6.31. The van der Waals surface area contributed by atoms with Crippen LogP contribution < -0.4 is 0 Å². The number of hydrogen-bond acceptors (Lipinski definition) is 3. The van der Waals surface area contributed by atoms with Crippen LogP contribution in [0.3, 0.4) is 0 Å². The highest BCUT2D eigenvalue weighted by Gasteiger charge is 2.19. The van der Waals surface area contributed by atoms with E-state index in [9.17, 15) is 5.26 Å². The summed E-state index contributed by atoms with van der Waals surface area (Å²) < 4.78 is 5.13. The summed E-state index contributed by atoms with van der Waals surface area (Å²) in [7, 11) is 0. The van der Waals surface area contributed by atoms with Gasteiger partial charge in [0.1, 0.15) is 0 Å². The minimum Gasteiger partial charge on any atom is -0.192 e. The molecule has 9 aromatic rings. The molecule has 3 heteroatoms. The molecule has 0 radical (unpaired) electrons. The lowest BCUT2D eigenvalue weighted by Crippen LogP contribution is -1.93. The second-order valence-electron chi connectivity index (χ2n) is 11.6. The molecular weight excluding hydrogens is 595 g/mol. The van der Waals surface area contributed by atoms with E-state index in [2.05, 4.69) is 140 Å². The third-order valence-corrected chi connectivity index (χ3v) is 11.2. The molecule has 0 saturated heterocycles. The zero-order valence-corrected chi connectivity index (χ0v) is 26.3. The molecule has 46 heavy (non-hydrogen) atoms. The maximum Gasteiger partial charge on any atom is 0.0998 e. The molecule has 0 N–H and O–H groups in total. The van der Waals surface area contributed by atoms with E-state index in [4.69, 9.17) is 0 Å². The van der Waals surface area contributed by atoms with Crippen LogP contribution in [0.1, 0.15) is 5.56 Å². The molecule has 2 heterocycles. The summed E-state index contributed by atoms with van der Waals surface area (Å²) in [6.07, 6.45) is 0. The van der Waals surface area contributed by atoms with Gasteiger partial charge >= 0.3 is 0 Å². The van der Waals surface area contributed by atoms with E-state index in [0.29, 0.717) is 5.56 Å². The minimum absolute atomic E-state index is 0.669. The van der Waals surface area contributed by atoms with Crippen LogP contribution in [0.25, 0.3) is 84.9 Å². The van der Waals surface area contributed by atoms with Crippen molar-refractivity contribution in [2.45, 2.75) is 0 Å². The zero-order chi connectivity index (χ0) is 30.6. The van der Waals surface area contributed by atoms with Crippen molar-refractivity contribution in [2.75, 3.05) is 0 Å². The van der Waals surface area contributed by atoms with E-state index in [1.807, 2.05) is 40.9 Å². The first-order valence-electron chi connectivity index (χ1n) is 15.3. The Balaban J connectivity index is 1.40. The average Bonchev–Trinajstić information content (AvgIpc) is 3.70. The van der Waals surface area contributed by atoms with Crippen LogP contribution in [-0.4, -0.2) is 0 Å². The van der Waals surface area contributed by atoms with Gasteiger partial charge in [-0.15, -0.1) is 22.7 Å². The van der Waals surface area contributed by atoms with Crippen molar-refractivity contribution in [1.82, 2.24) is 0 Å². The lowest BCUT2D eigenvalue weighted by Gasteiger charge is -2.17. The number of rotatable bonds is 4. The normalized spacial score (nSPS) is 11.5. The van der Waals surface area contributed by atoms with Gasteiger partial charge in [-0.05, 0) is 87.5 Å². The van der Waals surface area contributed by atoms with E-state index in [-0.39, 0.29) is 0 Å². The van der Waals surface area contributed by atoms with Crippen molar-refractivity contribution in [3.8, 4) is 50.6 Å². The SMILES string of the molecule is N#Cc1cccc(-c2ccccc2)c1-c1cc(-c2cccc3sc4ccccc4c23)cc(-c2cccc3sc4ccccc4c23)c1. The summed E-state index contributed by atoms with van der Waals surface area (Å²) in [6, 6.07) is 56.6. The molecule has 9 rings (SSSR count). The summed E-state index contributed by atoms with van der Waals surface area (Å²) in [5.74, 6) is 0. The Morgan fingerprint density at radius 3 is 1.46 bits per heavy atom. The van der Waals surface area contributed by atoms with Crippen molar-refractivity contribution in [3.63, 3.8) is 0 Å². The van der Waals surface area contributed by atoms with E-state index < -0.39 is 0 Å². The fourth-order valence-electron chi connectivity index (χ4n) is 6.93. The highest BCUT2D eigenvalue weighted by atomic mass is 32.1. The molecule has 0 fully saturated rings.